The zero-order valence-corrected chi connectivity index (χ0v) is 29.1. The van der Waals surface area contributed by atoms with Gasteiger partial charge in [-0.25, -0.2) is 4.98 Å². The molecule has 2 aromatic carbocycles. The van der Waals surface area contributed by atoms with Crippen LogP contribution in [0.2, 0.25) is 10.0 Å². The second kappa shape index (κ2) is 14.0. The average molecular weight is 694 g/mol. The van der Waals surface area contributed by atoms with Crippen molar-refractivity contribution in [1.29, 1.82) is 0 Å². The van der Waals surface area contributed by atoms with E-state index in [-0.39, 0.29) is 109 Å². The van der Waals surface area contributed by atoms with Crippen LogP contribution in [0.15, 0.2) is 42.6 Å². The SMILES string of the molecule is COc1cc(C(=O)NCC(O)(c2cc3c(c(-c4cc(Cl)cc(Cl)c4)n2)OCC3C)C(F)(F)F)cc2cn(C3CC3)nc12.[K+].[NH2-].[OH-]. The smallest absolute Gasteiger partial charge is 0.870 e. The second-order valence-electron chi connectivity index (χ2n) is 10.6. The number of ether oxygens (including phenoxy) is 2. The van der Waals surface area contributed by atoms with Gasteiger partial charge in [0.05, 0.1) is 32.0 Å². The predicted molar refractivity (Wildman–Crippen MR) is 158 cm³/mol. The van der Waals surface area contributed by atoms with Gasteiger partial charge in [-0.3, -0.25) is 9.48 Å². The molecule has 2 aromatic heterocycles. The summed E-state index contributed by atoms with van der Waals surface area (Å²) in [5.41, 5.74) is -2.84. The van der Waals surface area contributed by atoms with E-state index in [1.54, 1.807) is 17.8 Å². The number of amides is 1. The number of halogens is 5. The van der Waals surface area contributed by atoms with Crippen molar-refractivity contribution in [2.75, 3.05) is 20.3 Å². The second-order valence-corrected chi connectivity index (χ2v) is 11.5. The van der Waals surface area contributed by atoms with Gasteiger partial charge in [-0.05, 0) is 49.2 Å². The molecule has 16 heteroatoms. The summed E-state index contributed by atoms with van der Waals surface area (Å²) in [6, 6.07) is 8.85. The minimum Gasteiger partial charge on any atom is -0.870 e. The Hall–Kier alpha value is -1.98. The number of hydrogen-bond acceptors (Lipinski definition) is 7. The van der Waals surface area contributed by atoms with E-state index in [1.165, 1.54) is 43.5 Å². The third kappa shape index (κ3) is 7.15. The molecule has 0 spiro atoms. The van der Waals surface area contributed by atoms with Crippen LogP contribution in [0, 0.1) is 0 Å². The molecule has 10 nitrogen and oxygen atoms in total. The van der Waals surface area contributed by atoms with Gasteiger partial charge in [0.15, 0.2) is 0 Å². The van der Waals surface area contributed by atoms with Gasteiger partial charge >= 0.3 is 57.6 Å². The maximum absolute atomic E-state index is 14.6. The van der Waals surface area contributed by atoms with Gasteiger partial charge in [0.1, 0.15) is 22.7 Å². The topological polar surface area (TPSA) is 162 Å². The van der Waals surface area contributed by atoms with Crippen LogP contribution in [-0.4, -0.2) is 57.7 Å². The van der Waals surface area contributed by atoms with E-state index in [0.717, 1.165) is 12.8 Å². The summed E-state index contributed by atoms with van der Waals surface area (Å²) >= 11 is 12.3. The standard InChI is InChI=1S/C29H25Cl2F3N4O4.K.H2N.H2O/c1-14-12-42-26-21(14)10-23(36-25(26)15-6-18(30)9-19(31)7-15)28(40,29(32,33)34)13-35-27(39)16-5-17-11-38(20-3-4-20)37-24(17)22(8-16)41-2;;;/h5-11,14,20,40H,3-4,12-13H2,1-2H3,(H,35,39);;2*1H2/q;+1;-1;/p-1. The molecule has 0 radical (unpaired) electrons. The molecular weight excluding hydrogens is 665 g/mol. The molecule has 1 aliphatic carbocycles. The zero-order valence-electron chi connectivity index (χ0n) is 24.5. The van der Waals surface area contributed by atoms with E-state index in [4.69, 9.17) is 32.7 Å². The first-order chi connectivity index (χ1) is 19.9. The van der Waals surface area contributed by atoms with Crippen molar-refractivity contribution in [2.45, 2.75) is 43.5 Å². The fourth-order valence-corrected chi connectivity index (χ4v) is 5.57. The van der Waals surface area contributed by atoms with Crippen LogP contribution < -0.4 is 66.2 Å². The third-order valence-corrected chi connectivity index (χ3v) is 7.97. The Morgan fingerprint density at radius 3 is 2.42 bits per heavy atom. The number of aliphatic hydroxyl groups is 1. The number of aromatic nitrogens is 3. The molecule has 4 aromatic rings. The number of nitrogens with zero attached hydrogens (tertiary/aromatic N) is 3. The van der Waals surface area contributed by atoms with Crippen molar-refractivity contribution in [2.24, 2.45) is 0 Å². The van der Waals surface area contributed by atoms with Crippen LogP contribution in [0.25, 0.3) is 28.3 Å². The molecule has 1 saturated carbocycles. The van der Waals surface area contributed by atoms with Crippen LogP contribution in [0.4, 0.5) is 13.2 Å². The van der Waals surface area contributed by atoms with Crippen molar-refractivity contribution >= 4 is 40.0 Å². The number of benzene rings is 2. The van der Waals surface area contributed by atoms with Crippen molar-refractivity contribution < 1.29 is 89.4 Å². The molecule has 3 heterocycles. The van der Waals surface area contributed by atoms with Crippen LogP contribution in [0.5, 0.6) is 11.5 Å². The predicted octanol–water partition coefficient (Wildman–Crippen LogP) is 3.97. The number of hydrogen-bond donors (Lipinski definition) is 2. The van der Waals surface area contributed by atoms with Crippen LogP contribution >= 0.6 is 23.2 Å². The molecule has 0 saturated heterocycles. The van der Waals surface area contributed by atoms with Gasteiger partial charge in [-0.15, -0.1) is 0 Å². The summed E-state index contributed by atoms with van der Waals surface area (Å²) in [6.45, 7) is 0.798. The van der Waals surface area contributed by atoms with Gasteiger partial charge in [0.2, 0.25) is 5.60 Å². The average Bonchev–Trinajstić information content (AvgIpc) is 3.59. The van der Waals surface area contributed by atoms with Crippen molar-refractivity contribution in [3.8, 4) is 22.8 Å². The summed E-state index contributed by atoms with van der Waals surface area (Å²) < 4.78 is 56.8. The van der Waals surface area contributed by atoms with Gasteiger partial charge in [0.25, 0.3) is 5.91 Å². The molecule has 5 N–H and O–H groups in total. The Kier molecular flexibility index (Phi) is 11.7. The van der Waals surface area contributed by atoms with E-state index in [2.05, 4.69) is 15.4 Å². The number of carbonyl (C=O) groups excluding carboxylic acids is 1. The Morgan fingerprint density at radius 1 is 1.16 bits per heavy atom. The first-order valence-electron chi connectivity index (χ1n) is 13.2. The number of methoxy groups -OCH3 is 1. The Balaban J connectivity index is 0.00000184. The molecule has 236 valence electrons. The van der Waals surface area contributed by atoms with E-state index < -0.39 is 29.9 Å². The van der Waals surface area contributed by atoms with Crippen LogP contribution in [0.1, 0.15) is 53.3 Å². The third-order valence-electron chi connectivity index (χ3n) is 7.54. The number of nitrogens with one attached hydrogen (secondary N) is 1. The van der Waals surface area contributed by atoms with Gasteiger partial charge in [-0.1, -0.05) is 30.1 Å². The minimum absolute atomic E-state index is 0. The van der Waals surface area contributed by atoms with Crippen LogP contribution in [0.3, 0.4) is 0 Å². The molecule has 2 aliphatic rings. The first kappa shape index (κ1) is 37.5. The zero-order chi connectivity index (χ0) is 30.0. The quantitative estimate of drug-likeness (QED) is 0.277. The number of pyridine rings is 1. The van der Waals surface area contributed by atoms with E-state index >= 15 is 0 Å². The summed E-state index contributed by atoms with van der Waals surface area (Å²) in [4.78, 5) is 17.4. The monoisotopic (exact) mass is 692 g/mol. The summed E-state index contributed by atoms with van der Waals surface area (Å²) in [5, 5.41) is 19.1. The van der Waals surface area contributed by atoms with E-state index in [0.29, 0.717) is 27.8 Å². The number of nitrogens with two attached hydrogens (primary N) is 1. The molecule has 6 rings (SSSR count). The number of rotatable bonds is 7. The molecule has 1 aliphatic heterocycles. The number of carbonyl (C=O) groups is 1. The first-order valence-corrected chi connectivity index (χ1v) is 13.9. The van der Waals surface area contributed by atoms with Crippen molar-refractivity contribution in [3.63, 3.8) is 0 Å². The fourth-order valence-electron chi connectivity index (χ4n) is 5.05. The molecule has 2 unspecified atom stereocenters. The van der Waals surface area contributed by atoms with Crippen LogP contribution in [-0.2, 0) is 5.60 Å². The molecule has 2 atom stereocenters. The largest absolute Gasteiger partial charge is 1.00 e. The normalized spacial score (nSPS) is 16.8. The van der Waals surface area contributed by atoms with Gasteiger partial charge in [-0.2, -0.15) is 18.3 Å². The molecule has 45 heavy (non-hydrogen) atoms. The summed E-state index contributed by atoms with van der Waals surface area (Å²) in [5.74, 6) is -0.526. The fraction of sp³-hybridized carbons (Fsp3) is 0.345. The molecular formula is C29H28Cl2F3KN5O5-. The molecule has 0 bridgehead atoms. The van der Waals surface area contributed by atoms with Gasteiger partial charge < -0.3 is 31.5 Å². The Morgan fingerprint density at radius 2 is 1.82 bits per heavy atom. The van der Waals surface area contributed by atoms with E-state index in [1.807, 2.05) is 0 Å². The minimum atomic E-state index is -5.21. The summed E-state index contributed by atoms with van der Waals surface area (Å²) in [6.07, 6.45) is -1.44. The summed E-state index contributed by atoms with van der Waals surface area (Å²) in [7, 11) is 1.42. The number of fused-ring (bicyclic) bond motifs is 2. The Bertz CT molecular complexity index is 1720. The maximum atomic E-state index is 14.6. The van der Waals surface area contributed by atoms with Crippen molar-refractivity contribution in [3.05, 3.63) is 75.6 Å². The molecule has 1 fully saturated rings. The Labute approximate surface area is 308 Å². The van der Waals surface area contributed by atoms with Gasteiger partial charge in [0, 0.05) is 44.2 Å². The van der Waals surface area contributed by atoms with E-state index in [9.17, 15) is 23.1 Å². The molecule has 1 amide bonds. The number of alkyl halides is 3. The van der Waals surface area contributed by atoms with Crippen molar-refractivity contribution in [1.82, 2.24) is 20.1 Å². The maximum Gasteiger partial charge on any atom is 1.00 e.